The lowest BCUT2D eigenvalue weighted by atomic mass is 10.1. The van der Waals surface area contributed by atoms with Gasteiger partial charge in [0.2, 0.25) is 0 Å². The highest BCUT2D eigenvalue weighted by atomic mass is 14.5. The average Bonchev–Trinajstić information content (AvgIpc) is 2.15. The van der Waals surface area contributed by atoms with Gasteiger partial charge in [0.25, 0.3) is 0 Å². The van der Waals surface area contributed by atoms with E-state index in [1.165, 1.54) is 24.0 Å². The maximum absolute atomic E-state index is 5.46. The molecule has 0 heterocycles. The van der Waals surface area contributed by atoms with Crippen LogP contribution in [0.15, 0.2) is 23.3 Å². The number of rotatable bonds is 7. The minimum absolute atomic E-state index is 0.806. The SMILES string of the molecule is CC/C=C(\C)CC/C=C(\C)CCCN. The van der Waals surface area contributed by atoms with E-state index in [-0.39, 0.29) is 0 Å². The van der Waals surface area contributed by atoms with E-state index >= 15 is 0 Å². The summed E-state index contributed by atoms with van der Waals surface area (Å²) >= 11 is 0. The zero-order valence-electron chi connectivity index (χ0n) is 9.97. The van der Waals surface area contributed by atoms with Crippen molar-refractivity contribution < 1.29 is 0 Å². The van der Waals surface area contributed by atoms with Gasteiger partial charge in [-0.2, -0.15) is 0 Å². The molecule has 0 aliphatic rings. The first kappa shape index (κ1) is 13.4. The molecule has 0 saturated heterocycles. The van der Waals surface area contributed by atoms with Crippen LogP contribution in [0, 0.1) is 0 Å². The van der Waals surface area contributed by atoms with Crippen molar-refractivity contribution in [2.75, 3.05) is 6.54 Å². The van der Waals surface area contributed by atoms with Crippen LogP contribution in [-0.4, -0.2) is 6.54 Å². The summed E-state index contributed by atoms with van der Waals surface area (Å²) in [7, 11) is 0. The maximum Gasteiger partial charge on any atom is -0.00742 e. The summed E-state index contributed by atoms with van der Waals surface area (Å²) in [5, 5.41) is 0. The van der Waals surface area contributed by atoms with E-state index in [4.69, 9.17) is 5.73 Å². The molecule has 0 aromatic carbocycles. The number of allylic oxidation sites excluding steroid dienone is 4. The quantitative estimate of drug-likeness (QED) is 0.614. The zero-order chi connectivity index (χ0) is 10.8. The normalized spacial score (nSPS) is 13.4. The van der Waals surface area contributed by atoms with Crippen LogP contribution in [0.3, 0.4) is 0 Å². The summed E-state index contributed by atoms with van der Waals surface area (Å²) in [5.74, 6) is 0. The molecule has 0 bridgehead atoms. The van der Waals surface area contributed by atoms with E-state index in [9.17, 15) is 0 Å². The molecule has 0 atom stereocenters. The van der Waals surface area contributed by atoms with Gasteiger partial charge in [0.15, 0.2) is 0 Å². The molecule has 0 rings (SSSR count). The predicted octanol–water partition coefficient (Wildman–Crippen LogP) is 3.81. The third-order valence-corrected chi connectivity index (χ3v) is 2.36. The summed E-state index contributed by atoms with van der Waals surface area (Å²) in [6, 6.07) is 0. The molecule has 0 fully saturated rings. The fourth-order valence-electron chi connectivity index (χ4n) is 1.48. The molecule has 0 radical (unpaired) electrons. The van der Waals surface area contributed by atoms with E-state index in [1.54, 1.807) is 0 Å². The highest BCUT2D eigenvalue weighted by Crippen LogP contribution is 2.10. The van der Waals surface area contributed by atoms with Crippen molar-refractivity contribution in [1.29, 1.82) is 0 Å². The third-order valence-electron chi connectivity index (χ3n) is 2.36. The molecule has 14 heavy (non-hydrogen) atoms. The predicted molar refractivity (Wildman–Crippen MR) is 65.3 cm³/mol. The summed E-state index contributed by atoms with van der Waals surface area (Å²) in [6.45, 7) is 7.41. The van der Waals surface area contributed by atoms with Gasteiger partial charge in [-0.25, -0.2) is 0 Å². The minimum Gasteiger partial charge on any atom is -0.330 e. The molecule has 0 unspecified atom stereocenters. The Labute approximate surface area is 89.1 Å². The Morgan fingerprint density at radius 1 is 1.07 bits per heavy atom. The van der Waals surface area contributed by atoms with Gasteiger partial charge in [0, 0.05) is 0 Å². The Morgan fingerprint density at radius 2 is 1.71 bits per heavy atom. The van der Waals surface area contributed by atoms with Crippen LogP contribution in [0.25, 0.3) is 0 Å². The van der Waals surface area contributed by atoms with Crippen molar-refractivity contribution in [3.63, 3.8) is 0 Å². The maximum atomic E-state index is 5.46. The van der Waals surface area contributed by atoms with Gasteiger partial charge in [0.1, 0.15) is 0 Å². The second kappa shape index (κ2) is 9.01. The smallest absolute Gasteiger partial charge is 0.00742 e. The van der Waals surface area contributed by atoms with E-state index in [0.29, 0.717) is 0 Å². The molecule has 0 amide bonds. The molecule has 1 heteroatoms. The average molecular weight is 195 g/mol. The van der Waals surface area contributed by atoms with Crippen LogP contribution in [0.1, 0.15) is 52.9 Å². The first-order valence-corrected chi connectivity index (χ1v) is 5.72. The van der Waals surface area contributed by atoms with Gasteiger partial charge in [-0.1, -0.05) is 30.2 Å². The molecule has 0 aliphatic heterocycles. The highest BCUT2D eigenvalue weighted by molar-refractivity contribution is 5.03. The van der Waals surface area contributed by atoms with Gasteiger partial charge < -0.3 is 5.73 Å². The number of hydrogen-bond acceptors (Lipinski definition) is 1. The standard InChI is InChI=1S/C13H25N/c1-4-7-12(2)8-5-9-13(3)10-6-11-14/h7,9H,4-6,8,10-11,14H2,1-3H3/b12-7+,13-9+. The van der Waals surface area contributed by atoms with E-state index in [0.717, 1.165) is 25.8 Å². The Balaban J connectivity index is 3.64. The van der Waals surface area contributed by atoms with Crippen molar-refractivity contribution in [3.8, 4) is 0 Å². The first-order valence-electron chi connectivity index (χ1n) is 5.72. The molecule has 2 N–H and O–H groups in total. The lowest BCUT2D eigenvalue weighted by Crippen LogP contribution is -1.97. The molecule has 82 valence electrons. The Kier molecular flexibility index (Phi) is 8.65. The largest absolute Gasteiger partial charge is 0.330 e. The first-order chi connectivity index (χ1) is 6.70. The fourth-order valence-corrected chi connectivity index (χ4v) is 1.48. The van der Waals surface area contributed by atoms with Gasteiger partial charge in [-0.3, -0.25) is 0 Å². The number of nitrogens with two attached hydrogens (primary N) is 1. The van der Waals surface area contributed by atoms with Gasteiger partial charge in [-0.15, -0.1) is 0 Å². The Morgan fingerprint density at radius 3 is 2.29 bits per heavy atom. The molecular weight excluding hydrogens is 170 g/mol. The second-order valence-electron chi connectivity index (χ2n) is 3.94. The van der Waals surface area contributed by atoms with Crippen molar-refractivity contribution >= 4 is 0 Å². The van der Waals surface area contributed by atoms with Crippen molar-refractivity contribution in [2.24, 2.45) is 5.73 Å². The van der Waals surface area contributed by atoms with Crippen LogP contribution in [0.4, 0.5) is 0 Å². The lowest BCUT2D eigenvalue weighted by molar-refractivity contribution is 0.814. The lowest BCUT2D eigenvalue weighted by Gasteiger charge is -2.00. The fraction of sp³-hybridized carbons (Fsp3) is 0.692. The van der Waals surface area contributed by atoms with Crippen LogP contribution in [0.5, 0.6) is 0 Å². The Hall–Kier alpha value is -0.560. The summed E-state index contributed by atoms with van der Waals surface area (Å²) in [6.07, 6.45) is 10.5. The van der Waals surface area contributed by atoms with Crippen LogP contribution >= 0.6 is 0 Å². The van der Waals surface area contributed by atoms with Crippen LogP contribution < -0.4 is 5.73 Å². The minimum atomic E-state index is 0.806. The summed E-state index contributed by atoms with van der Waals surface area (Å²) < 4.78 is 0. The van der Waals surface area contributed by atoms with Gasteiger partial charge in [0.05, 0.1) is 0 Å². The summed E-state index contributed by atoms with van der Waals surface area (Å²) in [5.41, 5.74) is 8.45. The van der Waals surface area contributed by atoms with Gasteiger partial charge in [-0.05, 0) is 52.5 Å². The van der Waals surface area contributed by atoms with Crippen LogP contribution in [0.2, 0.25) is 0 Å². The second-order valence-corrected chi connectivity index (χ2v) is 3.94. The van der Waals surface area contributed by atoms with E-state index < -0.39 is 0 Å². The van der Waals surface area contributed by atoms with Crippen molar-refractivity contribution in [1.82, 2.24) is 0 Å². The van der Waals surface area contributed by atoms with Crippen molar-refractivity contribution in [3.05, 3.63) is 23.3 Å². The molecule has 0 saturated carbocycles. The van der Waals surface area contributed by atoms with Gasteiger partial charge >= 0.3 is 0 Å². The molecule has 0 aromatic heterocycles. The Bertz CT molecular complexity index is 189. The van der Waals surface area contributed by atoms with Crippen molar-refractivity contribution in [2.45, 2.75) is 52.9 Å². The van der Waals surface area contributed by atoms with Crippen LogP contribution in [-0.2, 0) is 0 Å². The monoisotopic (exact) mass is 195 g/mol. The van der Waals surface area contributed by atoms with E-state index in [1.807, 2.05) is 0 Å². The topological polar surface area (TPSA) is 26.0 Å². The third kappa shape index (κ3) is 8.06. The van der Waals surface area contributed by atoms with E-state index in [2.05, 4.69) is 32.9 Å². The molecule has 0 aliphatic carbocycles. The molecule has 0 spiro atoms. The zero-order valence-corrected chi connectivity index (χ0v) is 9.97. The highest BCUT2D eigenvalue weighted by Gasteiger charge is 1.90. The number of hydrogen-bond donors (Lipinski definition) is 1. The molecule has 1 nitrogen and oxygen atoms in total. The molecular formula is C13H25N. The summed E-state index contributed by atoms with van der Waals surface area (Å²) in [4.78, 5) is 0. The molecule has 0 aromatic rings.